The first-order chi connectivity index (χ1) is 9.52. The lowest BCUT2D eigenvalue weighted by atomic mass is 9.98. The molecule has 0 bridgehead atoms. The van der Waals surface area contributed by atoms with Crippen molar-refractivity contribution in [3.05, 3.63) is 23.0 Å². The van der Waals surface area contributed by atoms with Crippen LogP contribution in [0, 0.1) is 19.8 Å². The molecule has 1 unspecified atom stereocenters. The second-order valence-electron chi connectivity index (χ2n) is 5.84. The van der Waals surface area contributed by atoms with Crippen LogP contribution in [0.3, 0.4) is 0 Å². The number of rotatable bonds is 3. The number of aromatic nitrogens is 1. The van der Waals surface area contributed by atoms with Gasteiger partial charge in [0.1, 0.15) is 0 Å². The highest BCUT2D eigenvalue weighted by Crippen LogP contribution is 2.24. The molecule has 1 fully saturated rings. The number of nitrogens with two attached hydrogens (primary N) is 1. The maximum Gasteiger partial charge on any atom is 0.222 e. The third-order valence-corrected chi connectivity index (χ3v) is 4.52. The molecule has 1 aromatic heterocycles. The number of carbonyl (C=O) groups is 1. The summed E-state index contributed by atoms with van der Waals surface area (Å²) in [5, 5.41) is 0. The van der Waals surface area contributed by atoms with Gasteiger partial charge in [0.15, 0.2) is 0 Å². The molecule has 4 nitrogen and oxygen atoms in total. The minimum Gasteiger partial charge on any atom is -0.398 e. The van der Waals surface area contributed by atoms with Crippen molar-refractivity contribution < 1.29 is 4.79 Å². The van der Waals surface area contributed by atoms with Crippen LogP contribution in [-0.2, 0) is 11.3 Å². The molecule has 0 aromatic carbocycles. The molecule has 1 amide bonds. The lowest BCUT2D eigenvalue weighted by Crippen LogP contribution is -2.30. The molecule has 0 aliphatic carbocycles. The summed E-state index contributed by atoms with van der Waals surface area (Å²) in [6.07, 6.45) is 5.75. The van der Waals surface area contributed by atoms with Crippen LogP contribution in [0.4, 0.5) is 5.69 Å². The van der Waals surface area contributed by atoms with E-state index in [0.29, 0.717) is 18.9 Å². The van der Waals surface area contributed by atoms with Crippen molar-refractivity contribution >= 4 is 11.6 Å². The Labute approximate surface area is 121 Å². The molecule has 1 aromatic rings. The largest absolute Gasteiger partial charge is 0.398 e. The summed E-state index contributed by atoms with van der Waals surface area (Å²) in [5.41, 5.74) is 9.78. The minimum absolute atomic E-state index is 0.251. The van der Waals surface area contributed by atoms with E-state index in [0.717, 1.165) is 48.3 Å². The summed E-state index contributed by atoms with van der Waals surface area (Å²) >= 11 is 0. The lowest BCUT2D eigenvalue weighted by Gasteiger charge is -2.22. The highest BCUT2D eigenvalue weighted by atomic mass is 16.2. The van der Waals surface area contributed by atoms with Crippen LogP contribution < -0.4 is 5.73 Å². The number of nitrogen functional groups attached to an aromatic ring is 1. The molecule has 4 heteroatoms. The van der Waals surface area contributed by atoms with E-state index in [2.05, 4.69) is 11.9 Å². The molecular formula is C16H25N3O. The topological polar surface area (TPSA) is 59.2 Å². The number of aryl methyl sites for hydroxylation is 1. The average molecular weight is 275 g/mol. The molecule has 110 valence electrons. The number of anilines is 1. The minimum atomic E-state index is 0.251. The quantitative estimate of drug-likeness (QED) is 0.922. The molecule has 1 aliphatic rings. The highest BCUT2D eigenvalue weighted by Gasteiger charge is 2.22. The first-order valence-corrected chi connectivity index (χ1v) is 7.51. The fourth-order valence-corrected chi connectivity index (χ4v) is 2.80. The fraction of sp³-hybridized carbons (Fsp3) is 0.625. The molecule has 2 heterocycles. The van der Waals surface area contributed by atoms with Crippen molar-refractivity contribution in [1.82, 2.24) is 9.88 Å². The second kappa shape index (κ2) is 6.25. The molecule has 0 saturated carbocycles. The molecule has 0 spiro atoms. The van der Waals surface area contributed by atoms with E-state index in [1.165, 1.54) is 0 Å². The number of pyridine rings is 1. The van der Waals surface area contributed by atoms with Gasteiger partial charge in [-0.1, -0.05) is 13.3 Å². The standard InChI is InChI=1S/C16H25N3O/c1-4-13-5-6-15(20)19(8-7-13)10-14-12(3)16(17)11(2)9-18-14/h9,13H,4-8,10H2,1-3H3,(H2,17,18). The van der Waals surface area contributed by atoms with Crippen molar-refractivity contribution in [3.8, 4) is 0 Å². The molecule has 0 radical (unpaired) electrons. The van der Waals surface area contributed by atoms with Gasteiger partial charge in [0.25, 0.3) is 0 Å². The first kappa shape index (κ1) is 14.8. The molecule has 2 N–H and O–H groups in total. The number of nitrogens with zero attached hydrogens (tertiary/aromatic N) is 2. The number of carbonyl (C=O) groups excluding carboxylic acids is 1. The van der Waals surface area contributed by atoms with Crippen LogP contribution in [0.5, 0.6) is 0 Å². The Balaban J connectivity index is 2.13. The summed E-state index contributed by atoms with van der Waals surface area (Å²) in [4.78, 5) is 18.6. The Morgan fingerprint density at radius 3 is 2.85 bits per heavy atom. The van der Waals surface area contributed by atoms with Crippen molar-refractivity contribution in [2.24, 2.45) is 5.92 Å². The summed E-state index contributed by atoms with van der Waals surface area (Å²) in [7, 11) is 0. The lowest BCUT2D eigenvalue weighted by molar-refractivity contribution is -0.131. The van der Waals surface area contributed by atoms with E-state index in [9.17, 15) is 4.79 Å². The van der Waals surface area contributed by atoms with Crippen LogP contribution in [-0.4, -0.2) is 22.3 Å². The van der Waals surface area contributed by atoms with Gasteiger partial charge < -0.3 is 10.6 Å². The predicted molar refractivity (Wildman–Crippen MR) is 81.2 cm³/mol. The monoisotopic (exact) mass is 275 g/mol. The number of hydrogen-bond acceptors (Lipinski definition) is 3. The SMILES string of the molecule is CCC1CCC(=O)N(Cc2ncc(C)c(N)c2C)CC1. The van der Waals surface area contributed by atoms with E-state index in [1.54, 1.807) is 6.20 Å². The average Bonchev–Trinajstić information content (AvgIpc) is 2.62. The number of amides is 1. The van der Waals surface area contributed by atoms with Gasteiger partial charge in [0, 0.05) is 24.8 Å². The van der Waals surface area contributed by atoms with Gasteiger partial charge in [-0.25, -0.2) is 0 Å². The van der Waals surface area contributed by atoms with Gasteiger partial charge in [-0.05, 0) is 43.7 Å². The Bertz CT molecular complexity index is 499. The number of hydrogen-bond donors (Lipinski definition) is 1. The molecule has 1 saturated heterocycles. The Morgan fingerprint density at radius 2 is 2.15 bits per heavy atom. The van der Waals surface area contributed by atoms with Crippen LogP contribution in [0.25, 0.3) is 0 Å². The van der Waals surface area contributed by atoms with Crippen molar-refractivity contribution in [2.75, 3.05) is 12.3 Å². The van der Waals surface area contributed by atoms with Crippen LogP contribution in [0.1, 0.15) is 49.4 Å². The smallest absolute Gasteiger partial charge is 0.222 e. The first-order valence-electron chi connectivity index (χ1n) is 7.51. The van der Waals surface area contributed by atoms with Crippen LogP contribution >= 0.6 is 0 Å². The zero-order valence-corrected chi connectivity index (χ0v) is 12.8. The highest BCUT2D eigenvalue weighted by molar-refractivity contribution is 5.76. The van der Waals surface area contributed by atoms with Crippen LogP contribution in [0.2, 0.25) is 0 Å². The molecular weight excluding hydrogens is 250 g/mol. The van der Waals surface area contributed by atoms with Crippen molar-refractivity contribution in [1.29, 1.82) is 0 Å². The third-order valence-electron chi connectivity index (χ3n) is 4.52. The van der Waals surface area contributed by atoms with Crippen molar-refractivity contribution in [2.45, 2.75) is 53.0 Å². The summed E-state index contributed by atoms with van der Waals surface area (Å²) in [5.74, 6) is 0.933. The predicted octanol–water partition coefficient (Wildman–Crippen LogP) is 2.82. The molecule has 1 aliphatic heterocycles. The Kier molecular flexibility index (Phi) is 4.63. The third kappa shape index (κ3) is 3.11. The van der Waals surface area contributed by atoms with Gasteiger partial charge in [-0.3, -0.25) is 9.78 Å². The van der Waals surface area contributed by atoms with Gasteiger partial charge in [-0.15, -0.1) is 0 Å². The zero-order chi connectivity index (χ0) is 14.7. The molecule has 20 heavy (non-hydrogen) atoms. The maximum absolute atomic E-state index is 12.2. The summed E-state index contributed by atoms with van der Waals surface area (Å²) in [6, 6.07) is 0. The number of likely N-dealkylation sites (tertiary alicyclic amines) is 1. The summed E-state index contributed by atoms with van der Waals surface area (Å²) < 4.78 is 0. The zero-order valence-electron chi connectivity index (χ0n) is 12.8. The maximum atomic E-state index is 12.2. The molecule has 2 rings (SSSR count). The van der Waals surface area contributed by atoms with E-state index < -0.39 is 0 Å². The van der Waals surface area contributed by atoms with Gasteiger partial charge in [-0.2, -0.15) is 0 Å². The van der Waals surface area contributed by atoms with E-state index in [1.807, 2.05) is 18.7 Å². The Morgan fingerprint density at radius 1 is 1.40 bits per heavy atom. The van der Waals surface area contributed by atoms with E-state index in [4.69, 9.17) is 5.73 Å². The normalized spacial score (nSPS) is 20.1. The second-order valence-corrected chi connectivity index (χ2v) is 5.84. The van der Waals surface area contributed by atoms with Gasteiger partial charge in [0.05, 0.1) is 12.2 Å². The van der Waals surface area contributed by atoms with Crippen molar-refractivity contribution in [3.63, 3.8) is 0 Å². The Hall–Kier alpha value is -1.58. The summed E-state index contributed by atoms with van der Waals surface area (Å²) in [6.45, 7) is 7.58. The van der Waals surface area contributed by atoms with Gasteiger partial charge in [0.2, 0.25) is 5.91 Å². The molecule has 1 atom stereocenters. The fourth-order valence-electron chi connectivity index (χ4n) is 2.80. The van der Waals surface area contributed by atoms with Gasteiger partial charge >= 0.3 is 0 Å². The van der Waals surface area contributed by atoms with E-state index in [-0.39, 0.29) is 5.91 Å². The van der Waals surface area contributed by atoms with E-state index >= 15 is 0 Å². The van der Waals surface area contributed by atoms with Crippen LogP contribution in [0.15, 0.2) is 6.20 Å².